The number of carbonyl (C=O) groups is 2. The maximum absolute atomic E-state index is 13.5. The first-order valence-corrected chi connectivity index (χ1v) is 20.4. The lowest BCUT2D eigenvalue weighted by molar-refractivity contribution is -0.149. The summed E-state index contributed by atoms with van der Waals surface area (Å²) in [5.41, 5.74) is 4.61. The van der Waals surface area contributed by atoms with E-state index in [-0.39, 0.29) is 28.9 Å². The van der Waals surface area contributed by atoms with E-state index in [2.05, 4.69) is 73.0 Å². The van der Waals surface area contributed by atoms with Crippen LogP contribution >= 0.6 is 22.6 Å². The number of unbranched alkanes of at least 4 members (excludes halogenated alkanes) is 1. The molecule has 0 bridgehead atoms. The molecule has 38 heavy (non-hydrogen) atoms. The van der Waals surface area contributed by atoms with E-state index in [0.29, 0.717) is 3.58 Å². The fourth-order valence-electron chi connectivity index (χ4n) is 3.69. The molecule has 0 saturated carbocycles. The molecule has 220 valence electrons. The van der Waals surface area contributed by atoms with E-state index in [9.17, 15) is 9.59 Å². The summed E-state index contributed by atoms with van der Waals surface area (Å²) in [6, 6.07) is -0.547. The Morgan fingerprint density at radius 3 is 2.08 bits per heavy atom. The zero-order valence-electron chi connectivity index (χ0n) is 25.4. The molecule has 0 aliphatic carbocycles. The second kappa shape index (κ2) is 11.8. The quantitative estimate of drug-likeness (QED) is 0.137. The van der Waals surface area contributed by atoms with E-state index in [1.54, 1.807) is 6.20 Å². The van der Waals surface area contributed by atoms with Gasteiger partial charge in [0.1, 0.15) is 12.2 Å². The predicted molar refractivity (Wildman–Crippen MR) is 164 cm³/mol. The van der Waals surface area contributed by atoms with Gasteiger partial charge in [-0.25, -0.2) is 9.59 Å². The summed E-state index contributed by atoms with van der Waals surface area (Å²) in [7, 11) is -4.50. The summed E-state index contributed by atoms with van der Waals surface area (Å²) in [5, 5.41) is 2.60. The molecule has 2 heterocycles. The molecule has 0 aromatic heterocycles. The third-order valence-electron chi connectivity index (χ3n) is 8.39. The lowest BCUT2D eigenvalue weighted by Crippen LogP contribution is -2.68. The molecule has 1 saturated heterocycles. The number of ether oxygens (including phenoxy) is 2. The number of esters is 1. The number of hydrogen-bond donors (Lipinski definition) is 2. The molecular formula is C26H50IN3O6Si2. The third kappa shape index (κ3) is 7.03. The smallest absolute Gasteiger partial charge is 0.352 e. The molecule has 1 fully saturated rings. The summed E-state index contributed by atoms with van der Waals surface area (Å²) in [4.78, 5) is 27.7. The Bertz CT molecular complexity index is 918. The van der Waals surface area contributed by atoms with Gasteiger partial charge in [0.2, 0.25) is 5.66 Å². The SMILES string of the molecule is CCCCOC(=O)C1(N)NC(=O)N([C@@H]2O[C@H](C)[C@@H](O[Si](C)(C)C(C)(C)C)[C@H]2O[Si](C)(C)C(C)(C)C)C=C1I. The van der Waals surface area contributed by atoms with Gasteiger partial charge in [-0.15, -0.1) is 0 Å². The molecule has 5 atom stereocenters. The number of amides is 2. The van der Waals surface area contributed by atoms with E-state index in [1.807, 2.05) is 36.4 Å². The normalized spacial score (nSPS) is 29.3. The van der Waals surface area contributed by atoms with Crippen molar-refractivity contribution in [2.45, 2.75) is 135 Å². The van der Waals surface area contributed by atoms with Crippen molar-refractivity contribution in [2.24, 2.45) is 5.73 Å². The van der Waals surface area contributed by atoms with Crippen LogP contribution in [-0.4, -0.2) is 70.3 Å². The first-order valence-electron chi connectivity index (χ1n) is 13.5. The molecule has 1 unspecified atom stereocenters. The van der Waals surface area contributed by atoms with E-state index < -0.39 is 46.6 Å². The Balaban J connectivity index is 2.47. The number of carbonyl (C=O) groups excluding carboxylic acids is 2. The van der Waals surface area contributed by atoms with Crippen LogP contribution in [0, 0.1) is 0 Å². The van der Waals surface area contributed by atoms with Gasteiger partial charge in [0.25, 0.3) is 0 Å². The second-order valence-electron chi connectivity index (χ2n) is 13.5. The van der Waals surface area contributed by atoms with Crippen LogP contribution < -0.4 is 11.1 Å². The summed E-state index contributed by atoms with van der Waals surface area (Å²) in [5.74, 6) is -0.687. The largest absolute Gasteiger partial charge is 0.463 e. The third-order valence-corrected chi connectivity index (χ3v) is 18.5. The fraction of sp³-hybridized carbons (Fsp3) is 0.846. The fourth-order valence-corrected chi connectivity index (χ4v) is 6.99. The molecule has 9 nitrogen and oxygen atoms in total. The van der Waals surface area contributed by atoms with Gasteiger partial charge in [0.05, 0.1) is 16.3 Å². The Labute approximate surface area is 245 Å². The van der Waals surface area contributed by atoms with Crippen LogP contribution in [0.25, 0.3) is 0 Å². The van der Waals surface area contributed by atoms with Crippen molar-refractivity contribution in [3.8, 4) is 0 Å². The minimum atomic E-state index is -2.30. The first kappa shape index (κ1) is 33.7. The minimum absolute atomic E-state index is 0.0125. The second-order valence-corrected chi connectivity index (χ2v) is 24.2. The Hall–Kier alpha value is -0.516. The van der Waals surface area contributed by atoms with Crippen LogP contribution in [0.15, 0.2) is 9.78 Å². The van der Waals surface area contributed by atoms with Crippen LogP contribution in [0.5, 0.6) is 0 Å². The van der Waals surface area contributed by atoms with Crippen molar-refractivity contribution in [3.05, 3.63) is 9.78 Å². The predicted octanol–water partition coefficient (Wildman–Crippen LogP) is 5.81. The first-order chi connectivity index (χ1) is 17.1. The maximum Gasteiger partial charge on any atom is 0.352 e. The van der Waals surface area contributed by atoms with E-state index >= 15 is 0 Å². The highest BCUT2D eigenvalue weighted by Gasteiger charge is 2.56. The van der Waals surface area contributed by atoms with Gasteiger partial charge in [-0.3, -0.25) is 10.6 Å². The standard InChI is InChI=1S/C26H50IN3O6Si2/c1-13-14-15-33-22(31)26(28)18(27)16-30(23(32)29-26)21-20(36-38(11,12)25(6,7)8)19(17(2)34-21)35-37(9,10)24(3,4)5/h16-17,19-21H,13-15,28H2,1-12H3,(H,29,32)/t17-,19-,20-,21-,26?/m1/s1. The monoisotopic (exact) mass is 683 g/mol. The van der Waals surface area contributed by atoms with Gasteiger partial charge in [0.15, 0.2) is 22.9 Å². The number of rotatable bonds is 9. The lowest BCUT2D eigenvalue weighted by Gasteiger charge is -2.45. The Kier molecular flexibility index (Phi) is 10.4. The van der Waals surface area contributed by atoms with Gasteiger partial charge >= 0.3 is 12.0 Å². The topological polar surface area (TPSA) is 112 Å². The summed E-state index contributed by atoms with van der Waals surface area (Å²) >= 11 is 1.98. The van der Waals surface area contributed by atoms with Crippen molar-refractivity contribution in [1.82, 2.24) is 10.2 Å². The molecule has 2 aliphatic rings. The Morgan fingerprint density at radius 1 is 1.11 bits per heavy atom. The van der Waals surface area contributed by atoms with Crippen LogP contribution in [0.4, 0.5) is 4.79 Å². The number of nitrogens with one attached hydrogen (secondary N) is 1. The lowest BCUT2D eigenvalue weighted by atomic mass is 10.1. The summed E-state index contributed by atoms with van der Waals surface area (Å²) in [6.45, 7) is 26.1. The molecule has 0 aromatic carbocycles. The number of nitrogens with zero attached hydrogens (tertiary/aromatic N) is 1. The summed E-state index contributed by atoms with van der Waals surface area (Å²) < 4.78 is 26.0. The summed E-state index contributed by atoms with van der Waals surface area (Å²) in [6.07, 6.45) is 1.23. The average molecular weight is 684 g/mol. The molecule has 2 amide bonds. The van der Waals surface area contributed by atoms with Gasteiger partial charge in [-0.05, 0) is 72.2 Å². The minimum Gasteiger partial charge on any atom is -0.463 e. The van der Waals surface area contributed by atoms with Crippen molar-refractivity contribution in [2.75, 3.05) is 6.61 Å². The van der Waals surface area contributed by atoms with E-state index in [0.717, 1.165) is 12.8 Å². The zero-order valence-corrected chi connectivity index (χ0v) is 29.5. The van der Waals surface area contributed by atoms with Crippen molar-refractivity contribution < 1.29 is 27.9 Å². The van der Waals surface area contributed by atoms with Gasteiger partial charge in [-0.2, -0.15) is 0 Å². The molecule has 0 spiro atoms. The molecule has 2 aliphatic heterocycles. The number of halogens is 1. The van der Waals surface area contributed by atoms with Gasteiger partial charge < -0.3 is 23.6 Å². The van der Waals surface area contributed by atoms with Crippen LogP contribution in [0.1, 0.15) is 68.2 Å². The highest BCUT2D eigenvalue weighted by atomic mass is 127. The molecule has 0 radical (unpaired) electrons. The molecule has 2 rings (SSSR count). The zero-order chi connectivity index (χ0) is 29.5. The maximum atomic E-state index is 13.5. The van der Waals surface area contributed by atoms with Crippen molar-refractivity contribution in [1.29, 1.82) is 0 Å². The number of hydrogen-bond acceptors (Lipinski definition) is 7. The number of nitrogens with two attached hydrogens (primary N) is 1. The molecule has 0 aromatic rings. The molecule has 3 N–H and O–H groups in total. The van der Waals surface area contributed by atoms with Crippen LogP contribution in [0.2, 0.25) is 36.3 Å². The van der Waals surface area contributed by atoms with Gasteiger partial charge in [-0.1, -0.05) is 54.9 Å². The Morgan fingerprint density at radius 2 is 1.61 bits per heavy atom. The molecule has 12 heteroatoms. The van der Waals surface area contributed by atoms with E-state index in [4.69, 9.17) is 24.1 Å². The average Bonchev–Trinajstić information content (AvgIpc) is 3.03. The van der Waals surface area contributed by atoms with Crippen LogP contribution in [-0.2, 0) is 23.1 Å². The van der Waals surface area contributed by atoms with Gasteiger partial charge in [0, 0.05) is 6.20 Å². The molecular weight excluding hydrogens is 633 g/mol. The van der Waals surface area contributed by atoms with Crippen molar-refractivity contribution in [3.63, 3.8) is 0 Å². The highest BCUT2D eigenvalue weighted by molar-refractivity contribution is 14.1. The van der Waals surface area contributed by atoms with Crippen molar-refractivity contribution >= 4 is 51.2 Å². The number of urea groups is 1. The van der Waals surface area contributed by atoms with E-state index in [1.165, 1.54) is 4.90 Å². The highest BCUT2D eigenvalue weighted by Crippen LogP contribution is 2.44. The van der Waals surface area contributed by atoms with Crippen LogP contribution in [0.3, 0.4) is 0 Å².